The molecule has 5 aliphatic rings. The molecule has 208 valence electrons. The van der Waals surface area contributed by atoms with Gasteiger partial charge in [-0.05, 0) is 94.0 Å². The van der Waals surface area contributed by atoms with Crippen LogP contribution in [0.1, 0.15) is 59.9 Å². The number of nitro benzene ring substituents is 1. The summed E-state index contributed by atoms with van der Waals surface area (Å²) in [6.07, 6.45) is 5.23. The lowest BCUT2D eigenvalue weighted by atomic mass is 9.50. The van der Waals surface area contributed by atoms with E-state index >= 15 is 0 Å². The second-order valence-electron chi connectivity index (χ2n) is 12.6. The number of nitrogens with zero attached hydrogens (tertiary/aromatic N) is 3. The van der Waals surface area contributed by atoms with Gasteiger partial charge in [-0.2, -0.15) is 0 Å². The van der Waals surface area contributed by atoms with Gasteiger partial charge in [0, 0.05) is 47.7 Å². The molecule has 2 bridgehead atoms. The highest BCUT2D eigenvalue weighted by Crippen LogP contribution is 2.65. The summed E-state index contributed by atoms with van der Waals surface area (Å²) in [6, 6.07) is 7.15. The first-order valence-corrected chi connectivity index (χ1v) is 14.5. The summed E-state index contributed by atoms with van der Waals surface area (Å²) in [5.41, 5.74) is 4.19. The van der Waals surface area contributed by atoms with Crippen molar-refractivity contribution >= 4 is 11.6 Å². The molecule has 3 aliphatic carbocycles. The SMILES string of the molecule is Cc1ccc(C#CC(=O)N(C)[C@H]2CC[C@H]3[C@H]4Cc5c([N+](=O)[O-])cc(O)c6c5[C@@]3(CCN4CC3CC3)[C@H]2O6)cc1C. The number of benzene rings is 2. The molecule has 1 spiro atoms. The summed E-state index contributed by atoms with van der Waals surface area (Å²) in [6.45, 7) is 6.02. The molecule has 3 fully saturated rings. The van der Waals surface area contributed by atoms with Crippen LogP contribution in [0.4, 0.5) is 5.69 Å². The molecule has 8 heteroatoms. The summed E-state index contributed by atoms with van der Waals surface area (Å²) in [7, 11) is 1.79. The van der Waals surface area contributed by atoms with Crippen LogP contribution in [0, 0.1) is 47.6 Å². The van der Waals surface area contributed by atoms with Crippen LogP contribution in [-0.2, 0) is 16.6 Å². The monoisotopic (exact) mass is 541 g/mol. The van der Waals surface area contributed by atoms with E-state index in [0.29, 0.717) is 17.7 Å². The molecular formula is C32H35N3O5. The Balaban J connectivity index is 1.26. The number of hydrogen-bond acceptors (Lipinski definition) is 6. The summed E-state index contributed by atoms with van der Waals surface area (Å²) in [5, 5.41) is 23.1. The van der Waals surface area contributed by atoms with Crippen LogP contribution >= 0.6 is 0 Å². The number of ether oxygens (including phenoxy) is 1. The number of likely N-dealkylation sites (N-methyl/N-ethyl adjacent to an activating group) is 1. The zero-order valence-electron chi connectivity index (χ0n) is 23.3. The van der Waals surface area contributed by atoms with E-state index in [0.717, 1.165) is 55.0 Å². The molecule has 0 radical (unpaired) electrons. The maximum atomic E-state index is 13.4. The maximum absolute atomic E-state index is 13.4. The average Bonchev–Trinajstić information content (AvgIpc) is 3.68. The zero-order valence-corrected chi connectivity index (χ0v) is 23.3. The van der Waals surface area contributed by atoms with Crippen LogP contribution in [0.25, 0.3) is 0 Å². The van der Waals surface area contributed by atoms with Crippen LogP contribution in [-0.4, -0.2) is 64.1 Å². The van der Waals surface area contributed by atoms with Gasteiger partial charge in [-0.25, -0.2) is 0 Å². The third kappa shape index (κ3) is 3.67. The summed E-state index contributed by atoms with van der Waals surface area (Å²) in [4.78, 5) is 29.5. The van der Waals surface area contributed by atoms with E-state index in [1.165, 1.54) is 24.5 Å². The molecule has 1 saturated heterocycles. The van der Waals surface area contributed by atoms with Crippen LogP contribution < -0.4 is 4.74 Å². The number of carbonyl (C=O) groups excluding carboxylic acids is 1. The molecular weight excluding hydrogens is 506 g/mol. The minimum Gasteiger partial charge on any atom is -0.504 e. The Hall–Kier alpha value is -3.57. The summed E-state index contributed by atoms with van der Waals surface area (Å²) in [5.74, 6) is 6.81. The molecule has 0 unspecified atom stereocenters. The number of aryl methyl sites for hydroxylation is 2. The molecule has 0 aromatic heterocycles. The van der Waals surface area contributed by atoms with Gasteiger partial charge in [0.2, 0.25) is 0 Å². The van der Waals surface area contributed by atoms with Crippen molar-refractivity contribution in [3.8, 4) is 23.3 Å². The van der Waals surface area contributed by atoms with Gasteiger partial charge in [-0.3, -0.25) is 19.8 Å². The lowest BCUT2D eigenvalue weighted by Gasteiger charge is -2.60. The van der Waals surface area contributed by atoms with Crippen molar-refractivity contribution in [2.24, 2.45) is 11.8 Å². The van der Waals surface area contributed by atoms with E-state index in [1.807, 2.05) is 32.0 Å². The third-order valence-electron chi connectivity index (χ3n) is 10.5. The van der Waals surface area contributed by atoms with Gasteiger partial charge in [-0.15, -0.1) is 0 Å². The largest absolute Gasteiger partial charge is 0.504 e. The minimum atomic E-state index is -0.462. The number of nitro groups is 1. The standard InChI is InChI=1S/C32H35N3O5/c1-18-4-5-20(14-19(18)2)8-11-28(37)33(3)24-10-9-23-26-15-22-25(35(38)39)16-27(36)30-29(22)32(23,31(24)40-30)12-13-34(26)17-21-6-7-21/h4-5,14,16,21,23-24,26,31,36H,6-7,9-10,12-13,15,17H2,1-3H3/t23-,24-,26+,31-,32-/m0/s1. The van der Waals surface area contributed by atoms with Crippen LogP contribution in [0.3, 0.4) is 0 Å². The van der Waals surface area contributed by atoms with Gasteiger partial charge in [-0.1, -0.05) is 12.0 Å². The second kappa shape index (κ2) is 8.97. The molecule has 2 heterocycles. The van der Waals surface area contributed by atoms with Crippen molar-refractivity contribution in [1.29, 1.82) is 0 Å². The highest BCUT2D eigenvalue weighted by atomic mass is 16.6. The molecule has 1 N–H and O–H groups in total. The summed E-state index contributed by atoms with van der Waals surface area (Å²) < 4.78 is 6.62. The maximum Gasteiger partial charge on any atom is 0.298 e. The minimum absolute atomic E-state index is 0.0117. The molecule has 40 heavy (non-hydrogen) atoms. The molecule has 1 amide bonds. The number of likely N-dealkylation sites (tertiary alicyclic amines) is 1. The number of phenols is 1. The molecule has 8 nitrogen and oxygen atoms in total. The Labute approximate surface area is 234 Å². The number of rotatable bonds is 4. The van der Waals surface area contributed by atoms with Gasteiger partial charge in [0.25, 0.3) is 11.6 Å². The Kier molecular flexibility index (Phi) is 5.70. The van der Waals surface area contributed by atoms with Crippen molar-refractivity contribution in [3.63, 3.8) is 0 Å². The van der Waals surface area contributed by atoms with Crippen molar-refractivity contribution in [2.45, 2.75) is 76.0 Å². The fourth-order valence-electron chi connectivity index (χ4n) is 8.27. The van der Waals surface area contributed by atoms with Crippen LogP contribution in [0.15, 0.2) is 24.3 Å². The number of hydrogen-bond donors (Lipinski definition) is 1. The molecule has 2 aromatic carbocycles. The van der Waals surface area contributed by atoms with E-state index in [4.69, 9.17) is 4.74 Å². The van der Waals surface area contributed by atoms with E-state index in [1.54, 1.807) is 11.9 Å². The highest BCUT2D eigenvalue weighted by molar-refractivity contribution is 5.94. The van der Waals surface area contributed by atoms with E-state index in [2.05, 4.69) is 16.7 Å². The molecule has 5 atom stereocenters. The predicted molar refractivity (Wildman–Crippen MR) is 149 cm³/mol. The summed E-state index contributed by atoms with van der Waals surface area (Å²) >= 11 is 0. The number of carbonyl (C=O) groups is 1. The quantitative estimate of drug-likeness (QED) is 0.353. The second-order valence-corrected chi connectivity index (χ2v) is 12.6. The first-order chi connectivity index (χ1) is 19.2. The Bertz CT molecular complexity index is 1500. The highest BCUT2D eigenvalue weighted by Gasteiger charge is 2.67. The average molecular weight is 542 g/mol. The van der Waals surface area contributed by atoms with Gasteiger partial charge < -0.3 is 14.7 Å². The first-order valence-electron chi connectivity index (χ1n) is 14.5. The van der Waals surface area contributed by atoms with Crippen molar-refractivity contribution in [2.75, 3.05) is 20.1 Å². The first kappa shape index (κ1) is 25.4. The molecule has 7 rings (SSSR count). The fraction of sp³-hybridized carbons (Fsp3) is 0.531. The smallest absolute Gasteiger partial charge is 0.298 e. The van der Waals surface area contributed by atoms with Gasteiger partial charge in [0.05, 0.1) is 17.0 Å². The van der Waals surface area contributed by atoms with Gasteiger partial charge in [0.15, 0.2) is 11.5 Å². The van der Waals surface area contributed by atoms with Gasteiger partial charge in [0.1, 0.15) is 6.10 Å². The Morgan fingerprint density at radius 3 is 2.75 bits per heavy atom. The number of aromatic hydroxyl groups is 1. The molecule has 2 aliphatic heterocycles. The van der Waals surface area contributed by atoms with E-state index < -0.39 is 5.41 Å². The predicted octanol–water partition coefficient (Wildman–Crippen LogP) is 4.25. The topological polar surface area (TPSA) is 96.2 Å². The van der Waals surface area contributed by atoms with Gasteiger partial charge >= 0.3 is 0 Å². The molecule has 2 aromatic rings. The Morgan fingerprint density at radius 1 is 1.23 bits per heavy atom. The lowest BCUT2D eigenvalue weighted by Crippen LogP contribution is -2.69. The van der Waals surface area contributed by atoms with Crippen molar-refractivity contribution in [3.05, 3.63) is 62.2 Å². The third-order valence-corrected chi connectivity index (χ3v) is 10.5. The van der Waals surface area contributed by atoms with Crippen LogP contribution in [0.2, 0.25) is 0 Å². The molecule has 2 saturated carbocycles. The van der Waals surface area contributed by atoms with Crippen molar-refractivity contribution < 1.29 is 19.6 Å². The number of piperidine rings is 1. The zero-order chi connectivity index (χ0) is 27.9. The Morgan fingerprint density at radius 2 is 2.02 bits per heavy atom. The fourth-order valence-corrected chi connectivity index (χ4v) is 8.27. The normalized spacial score (nSPS) is 29.6. The van der Waals surface area contributed by atoms with E-state index in [9.17, 15) is 20.0 Å². The van der Waals surface area contributed by atoms with Crippen LogP contribution in [0.5, 0.6) is 11.5 Å². The van der Waals surface area contributed by atoms with E-state index in [-0.39, 0.29) is 46.4 Å². The lowest BCUT2D eigenvalue weighted by molar-refractivity contribution is -0.385. The van der Waals surface area contributed by atoms with Crippen molar-refractivity contribution in [1.82, 2.24) is 9.80 Å². The number of amides is 1. The number of phenolic OH excluding ortho intramolecular Hbond substituents is 1.